The van der Waals surface area contributed by atoms with Gasteiger partial charge in [0.25, 0.3) is 0 Å². The first-order valence-corrected chi connectivity index (χ1v) is 18.9. The van der Waals surface area contributed by atoms with Gasteiger partial charge in [-0.1, -0.05) is 182 Å². The van der Waals surface area contributed by atoms with Crippen molar-refractivity contribution in [2.24, 2.45) is 0 Å². The van der Waals surface area contributed by atoms with E-state index in [1.165, 1.54) is 104 Å². The van der Waals surface area contributed by atoms with Gasteiger partial charge in [0, 0.05) is 5.41 Å². The minimum Gasteiger partial charge on any atom is -0.0622 e. The molecule has 0 fully saturated rings. The summed E-state index contributed by atoms with van der Waals surface area (Å²) in [6, 6.07) is 74.3. The van der Waals surface area contributed by atoms with Crippen LogP contribution in [0.1, 0.15) is 23.6 Å². The van der Waals surface area contributed by atoms with Gasteiger partial charge in [0.2, 0.25) is 0 Å². The molecule has 252 valence electrons. The Morgan fingerprint density at radius 2 is 0.852 bits per heavy atom. The average Bonchev–Trinajstić information content (AvgIpc) is 3.49. The highest BCUT2D eigenvalue weighted by Gasteiger charge is 2.41. The van der Waals surface area contributed by atoms with Crippen LogP contribution in [0.4, 0.5) is 0 Å². The zero-order valence-electron chi connectivity index (χ0n) is 30.1. The summed E-state index contributed by atoms with van der Waals surface area (Å²) in [5, 5.41) is 10.2. The van der Waals surface area contributed by atoms with Gasteiger partial charge in [-0.2, -0.15) is 0 Å². The highest BCUT2D eigenvalue weighted by Crippen LogP contribution is 2.54. The summed E-state index contributed by atoms with van der Waals surface area (Å²) in [7, 11) is 0. The smallest absolute Gasteiger partial charge is 0.0435 e. The summed E-state index contributed by atoms with van der Waals surface area (Å²) in [5.74, 6) is 0. The Kier molecular flexibility index (Phi) is 6.78. The maximum atomic E-state index is 2.45. The largest absolute Gasteiger partial charge is 0.0622 e. The first-order chi connectivity index (χ1) is 26.7. The minimum absolute atomic E-state index is 0.271. The molecule has 0 nitrogen and oxygen atoms in total. The lowest BCUT2D eigenvalue weighted by Gasteiger charge is -2.29. The molecule has 1 atom stereocenters. The molecule has 54 heavy (non-hydrogen) atoms. The van der Waals surface area contributed by atoms with Crippen molar-refractivity contribution in [3.05, 3.63) is 217 Å². The zero-order chi connectivity index (χ0) is 35.8. The Morgan fingerprint density at radius 3 is 1.59 bits per heavy atom. The second-order valence-corrected chi connectivity index (χ2v) is 14.9. The summed E-state index contributed by atoms with van der Waals surface area (Å²) in [6.45, 7) is 2.41. The third kappa shape index (κ3) is 4.50. The maximum Gasteiger partial charge on any atom is 0.0435 e. The van der Waals surface area contributed by atoms with Crippen LogP contribution in [-0.2, 0) is 5.41 Å². The van der Waals surface area contributed by atoms with Crippen molar-refractivity contribution in [2.75, 3.05) is 0 Å². The number of rotatable bonds is 4. The highest BCUT2D eigenvalue weighted by molar-refractivity contribution is 6.27. The Labute approximate surface area is 315 Å². The molecular formula is C54H36. The number of fused-ring (bicyclic) bond motifs is 8. The summed E-state index contributed by atoms with van der Waals surface area (Å²) in [5.41, 5.74) is 14.0. The Hall–Kier alpha value is -6.76. The zero-order valence-corrected chi connectivity index (χ0v) is 30.1. The van der Waals surface area contributed by atoms with E-state index in [4.69, 9.17) is 0 Å². The molecule has 0 heteroatoms. The van der Waals surface area contributed by atoms with Crippen LogP contribution in [0.25, 0.3) is 87.6 Å². The van der Waals surface area contributed by atoms with Crippen LogP contribution in [0.15, 0.2) is 200 Å². The van der Waals surface area contributed by atoms with Gasteiger partial charge in [-0.05, 0) is 129 Å². The second kappa shape index (κ2) is 11.9. The van der Waals surface area contributed by atoms with Crippen LogP contribution in [0.3, 0.4) is 0 Å². The van der Waals surface area contributed by atoms with E-state index < -0.39 is 0 Å². The van der Waals surface area contributed by atoms with Crippen molar-refractivity contribution in [3.8, 4) is 44.5 Å². The van der Waals surface area contributed by atoms with Crippen molar-refractivity contribution in [2.45, 2.75) is 12.3 Å². The van der Waals surface area contributed by atoms with E-state index in [0.717, 1.165) is 0 Å². The van der Waals surface area contributed by atoms with Crippen molar-refractivity contribution < 1.29 is 0 Å². The second-order valence-electron chi connectivity index (χ2n) is 14.9. The fourth-order valence-corrected chi connectivity index (χ4v) is 9.47. The normalized spacial score (nSPS) is 14.8. The van der Waals surface area contributed by atoms with Gasteiger partial charge in [0.15, 0.2) is 0 Å². The van der Waals surface area contributed by atoms with Crippen molar-refractivity contribution in [1.82, 2.24) is 0 Å². The molecule has 0 spiro atoms. The summed E-state index contributed by atoms with van der Waals surface area (Å²) in [6.07, 6.45) is 0. The molecule has 0 radical (unpaired) electrons. The summed E-state index contributed by atoms with van der Waals surface area (Å²) >= 11 is 0. The molecule has 0 aromatic heterocycles. The molecular weight excluding hydrogens is 649 g/mol. The summed E-state index contributed by atoms with van der Waals surface area (Å²) in [4.78, 5) is 0. The molecule has 11 rings (SSSR count). The Bertz CT molecular complexity index is 3080. The van der Waals surface area contributed by atoms with E-state index >= 15 is 0 Å². The van der Waals surface area contributed by atoms with Gasteiger partial charge in [-0.25, -0.2) is 0 Å². The van der Waals surface area contributed by atoms with Gasteiger partial charge >= 0.3 is 0 Å². The molecule has 0 N–H and O–H groups in total. The maximum absolute atomic E-state index is 2.45. The lowest BCUT2D eigenvalue weighted by atomic mass is 9.73. The van der Waals surface area contributed by atoms with Crippen molar-refractivity contribution >= 4 is 43.1 Å². The monoisotopic (exact) mass is 684 g/mol. The molecule has 10 aromatic carbocycles. The van der Waals surface area contributed by atoms with Crippen LogP contribution in [0.5, 0.6) is 0 Å². The fraction of sp³-hybridized carbons (Fsp3) is 0.0370. The van der Waals surface area contributed by atoms with Gasteiger partial charge in [0.05, 0.1) is 0 Å². The van der Waals surface area contributed by atoms with E-state index in [1.807, 2.05) is 0 Å². The van der Waals surface area contributed by atoms with E-state index in [9.17, 15) is 0 Å². The van der Waals surface area contributed by atoms with Crippen LogP contribution in [0, 0.1) is 0 Å². The standard InChI is InChI=1S/C54H36/c1-54(42-19-6-3-7-20-42)49-34-41(29-30-44(49)48-32-39-17-8-9-18-40(39)33-50(48)54)35-24-26-38(27-25-35)51-45-22-12-13-23-46(45)52(37-15-4-2-5-16-37)53-43-21-11-10-14-36(43)28-31-47(51)53/h2-34H,1H3. The van der Waals surface area contributed by atoms with E-state index in [1.54, 1.807) is 0 Å². The van der Waals surface area contributed by atoms with Gasteiger partial charge < -0.3 is 0 Å². The SMILES string of the molecule is CC1(c2ccccc2)c2cc(-c3ccc(-c4c5ccccc5c(-c5ccccc5)c5c4ccc4ccccc45)cc3)ccc2-c2cc3ccccc3cc21. The summed E-state index contributed by atoms with van der Waals surface area (Å²) < 4.78 is 0. The van der Waals surface area contributed by atoms with Crippen LogP contribution < -0.4 is 0 Å². The van der Waals surface area contributed by atoms with E-state index in [0.29, 0.717) is 0 Å². The third-order valence-electron chi connectivity index (χ3n) is 12.1. The molecule has 0 saturated heterocycles. The fourth-order valence-electron chi connectivity index (χ4n) is 9.47. The number of benzene rings is 10. The van der Waals surface area contributed by atoms with Crippen molar-refractivity contribution in [3.63, 3.8) is 0 Å². The molecule has 1 unspecified atom stereocenters. The van der Waals surface area contributed by atoms with E-state index in [2.05, 4.69) is 207 Å². The van der Waals surface area contributed by atoms with Crippen molar-refractivity contribution in [1.29, 1.82) is 0 Å². The van der Waals surface area contributed by atoms with Gasteiger partial charge in [-0.3, -0.25) is 0 Å². The topological polar surface area (TPSA) is 0 Å². The quantitative estimate of drug-likeness (QED) is 0.128. The molecule has 0 saturated carbocycles. The average molecular weight is 685 g/mol. The van der Waals surface area contributed by atoms with Crippen LogP contribution >= 0.6 is 0 Å². The van der Waals surface area contributed by atoms with Gasteiger partial charge in [-0.15, -0.1) is 0 Å². The first kappa shape index (κ1) is 30.8. The molecule has 10 aromatic rings. The minimum atomic E-state index is -0.271. The Morgan fingerprint density at radius 1 is 0.315 bits per heavy atom. The number of hydrogen-bond acceptors (Lipinski definition) is 0. The lowest BCUT2D eigenvalue weighted by Crippen LogP contribution is -2.22. The predicted octanol–water partition coefficient (Wildman–Crippen LogP) is 14.6. The third-order valence-corrected chi connectivity index (χ3v) is 12.1. The number of hydrogen-bond donors (Lipinski definition) is 0. The predicted molar refractivity (Wildman–Crippen MR) is 230 cm³/mol. The molecule has 1 aliphatic rings. The van der Waals surface area contributed by atoms with Crippen LogP contribution in [-0.4, -0.2) is 0 Å². The molecule has 0 aliphatic heterocycles. The Balaban J connectivity index is 1.09. The highest BCUT2D eigenvalue weighted by atomic mass is 14.4. The first-order valence-electron chi connectivity index (χ1n) is 18.9. The molecule has 0 amide bonds. The lowest BCUT2D eigenvalue weighted by molar-refractivity contribution is 0.715. The van der Waals surface area contributed by atoms with Crippen LogP contribution in [0.2, 0.25) is 0 Å². The molecule has 0 bridgehead atoms. The molecule has 0 heterocycles. The molecule has 1 aliphatic carbocycles. The van der Waals surface area contributed by atoms with E-state index in [-0.39, 0.29) is 5.41 Å². The van der Waals surface area contributed by atoms with Gasteiger partial charge in [0.1, 0.15) is 0 Å².